The normalized spacial score (nSPS) is 52.6. The lowest BCUT2D eigenvalue weighted by molar-refractivity contribution is -0.203. The SMILES string of the molecule is C=C(C)OC1CCC2(C)C3CCC4(C)C(CCC5(C)CCC(C(=C)C)C54)C3CCC2C1(C)C. The Bertz CT molecular complexity index is 822. The number of rotatable bonds is 3. The van der Waals surface area contributed by atoms with Gasteiger partial charge in [0, 0.05) is 5.41 Å². The van der Waals surface area contributed by atoms with E-state index in [1.807, 2.05) is 6.92 Å². The van der Waals surface area contributed by atoms with Gasteiger partial charge < -0.3 is 4.74 Å². The molecule has 5 fully saturated rings. The minimum Gasteiger partial charge on any atom is -0.495 e. The maximum atomic E-state index is 6.33. The Balaban J connectivity index is 1.45. The van der Waals surface area contributed by atoms with Gasteiger partial charge in [-0.3, -0.25) is 0 Å². The van der Waals surface area contributed by atoms with E-state index < -0.39 is 0 Å². The highest BCUT2D eigenvalue weighted by Crippen LogP contribution is 2.73. The van der Waals surface area contributed by atoms with Crippen molar-refractivity contribution in [1.29, 1.82) is 0 Å². The zero-order valence-electron chi connectivity index (χ0n) is 22.9. The highest BCUT2D eigenvalue weighted by molar-refractivity contribution is 5.18. The summed E-state index contributed by atoms with van der Waals surface area (Å²) in [5.41, 5.74) is 3.27. The molecule has 0 N–H and O–H groups in total. The van der Waals surface area contributed by atoms with Gasteiger partial charge in [-0.05, 0) is 130 Å². The smallest absolute Gasteiger partial charge is 0.104 e. The van der Waals surface area contributed by atoms with E-state index in [2.05, 4.69) is 54.7 Å². The second-order valence-corrected chi connectivity index (χ2v) is 14.9. The van der Waals surface area contributed by atoms with Crippen LogP contribution in [0.15, 0.2) is 24.5 Å². The summed E-state index contributed by atoms with van der Waals surface area (Å²) in [5, 5.41) is 0. The van der Waals surface area contributed by atoms with Crippen LogP contribution in [0.4, 0.5) is 0 Å². The van der Waals surface area contributed by atoms with Crippen molar-refractivity contribution < 1.29 is 4.74 Å². The summed E-state index contributed by atoms with van der Waals surface area (Å²) < 4.78 is 6.33. The average Bonchev–Trinajstić information content (AvgIpc) is 3.08. The van der Waals surface area contributed by atoms with E-state index in [-0.39, 0.29) is 5.41 Å². The van der Waals surface area contributed by atoms with Gasteiger partial charge in [0.25, 0.3) is 0 Å². The predicted molar refractivity (Wildman–Crippen MR) is 140 cm³/mol. The van der Waals surface area contributed by atoms with E-state index >= 15 is 0 Å². The molecule has 186 valence electrons. The van der Waals surface area contributed by atoms with Crippen LogP contribution in [0, 0.1) is 57.2 Å². The molecule has 5 aliphatic carbocycles. The Morgan fingerprint density at radius 1 is 0.727 bits per heavy atom. The Labute approximate surface area is 205 Å². The zero-order chi connectivity index (χ0) is 24.0. The number of allylic oxidation sites excluding steroid dienone is 2. The van der Waals surface area contributed by atoms with E-state index in [1.54, 1.807) is 0 Å². The van der Waals surface area contributed by atoms with Gasteiger partial charge in [0.05, 0.1) is 5.76 Å². The van der Waals surface area contributed by atoms with Crippen molar-refractivity contribution in [3.05, 3.63) is 24.5 Å². The Morgan fingerprint density at radius 3 is 2.00 bits per heavy atom. The topological polar surface area (TPSA) is 9.23 Å². The quantitative estimate of drug-likeness (QED) is 0.306. The average molecular weight is 453 g/mol. The van der Waals surface area contributed by atoms with Crippen LogP contribution in [0.1, 0.15) is 113 Å². The molecule has 0 bridgehead atoms. The van der Waals surface area contributed by atoms with Crippen molar-refractivity contribution in [2.24, 2.45) is 57.2 Å². The second-order valence-electron chi connectivity index (χ2n) is 14.9. The molecule has 10 unspecified atom stereocenters. The molecule has 5 saturated carbocycles. The zero-order valence-corrected chi connectivity index (χ0v) is 22.9. The summed E-state index contributed by atoms with van der Waals surface area (Å²) in [6.07, 6.45) is 14.4. The minimum absolute atomic E-state index is 0.235. The van der Waals surface area contributed by atoms with Crippen molar-refractivity contribution in [1.82, 2.24) is 0 Å². The van der Waals surface area contributed by atoms with E-state index in [1.165, 1.54) is 69.8 Å². The van der Waals surface area contributed by atoms with Gasteiger partial charge in [0.15, 0.2) is 0 Å². The molecule has 1 heteroatoms. The van der Waals surface area contributed by atoms with Crippen LogP contribution in [0.25, 0.3) is 0 Å². The van der Waals surface area contributed by atoms with Crippen LogP contribution in [0.3, 0.4) is 0 Å². The van der Waals surface area contributed by atoms with Crippen LogP contribution in [0.5, 0.6) is 0 Å². The molecule has 0 spiro atoms. The molecule has 0 aromatic heterocycles. The molecule has 0 aliphatic heterocycles. The van der Waals surface area contributed by atoms with Crippen molar-refractivity contribution in [2.45, 2.75) is 119 Å². The van der Waals surface area contributed by atoms with Crippen molar-refractivity contribution in [3.63, 3.8) is 0 Å². The standard InChI is InChI=1S/C32H52O/c1-20(2)22-12-16-30(7)17-13-25-23-10-11-26-29(5,6)27(33-21(3)4)15-19-31(26,8)24(23)14-18-32(25,9)28(22)30/h22-28H,1,3,10-19H2,2,4-9H3. The largest absolute Gasteiger partial charge is 0.495 e. The van der Waals surface area contributed by atoms with Crippen LogP contribution in [-0.4, -0.2) is 6.10 Å². The van der Waals surface area contributed by atoms with E-state index in [0.29, 0.717) is 22.3 Å². The van der Waals surface area contributed by atoms with Crippen molar-refractivity contribution >= 4 is 0 Å². The lowest BCUT2D eigenvalue weighted by atomic mass is 9.37. The Morgan fingerprint density at radius 2 is 1.33 bits per heavy atom. The molecule has 10 atom stereocenters. The molecule has 5 aliphatic rings. The fourth-order valence-electron chi connectivity index (χ4n) is 11.7. The van der Waals surface area contributed by atoms with Crippen LogP contribution in [-0.2, 0) is 4.74 Å². The molecule has 0 heterocycles. The lowest BCUT2D eigenvalue weighted by Gasteiger charge is -2.68. The Kier molecular flexibility index (Phi) is 5.55. The molecule has 0 aromatic rings. The molecular weight excluding hydrogens is 400 g/mol. The minimum atomic E-state index is 0.235. The summed E-state index contributed by atoms with van der Waals surface area (Å²) in [7, 11) is 0. The first-order valence-corrected chi connectivity index (χ1v) is 14.3. The molecule has 0 saturated heterocycles. The number of hydrogen-bond donors (Lipinski definition) is 0. The molecule has 0 amide bonds. The van der Waals surface area contributed by atoms with E-state index in [4.69, 9.17) is 4.74 Å². The molecule has 0 radical (unpaired) electrons. The fraction of sp³-hybridized carbons (Fsp3) is 0.875. The summed E-state index contributed by atoms with van der Waals surface area (Å²) >= 11 is 0. The highest BCUT2D eigenvalue weighted by Gasteiger charge is 2.66. The molecule has 5 rings (SSSR count). The van der Waals surface area contributed by atoms with Crippen molar-refractivity contribution in [3.8, 4) is 0 Å². The third-order valence-electron chi connectivity index (χ3n) is 12.9. The third kappa shape index (κ3) is 3.29. The van der Waals surface area contributed by atoms with Crippen LogP contribution < -0.4 is 0 Å². The monoisotopic (exact) mass is 452 g/mol. The van der Waals surface area contributed by atoms with Crippen LogP contribution in [0.2, 0.25) is 0 Å². The van der Waals surface area contributed by atoms with E-state index in [9.17, 15) is 0 Å². The van der Waals surface area contributed by atoms with Gasteiger partial charge in [-0.15, -0.1) is 0 Å². The first-order chi connectivity index (χ1) is 15.3. The predicted octanol–water partition coefficient (Wildman–Crippen LogP) is 9.19. The summed E-state index contributed by atoms with van der Waals surface area (Å²) in [6, 6.07) is 0. The van der Waals surface area contributed by atoms with Gasteiger partial charge >= 0.3 is 0 Å². The number of fused-ring (bicyclic) bond motifs is 7. The van der Waals surface area contributed by atoms with Gasteiger partial charge in [-0.25, -0.2) is 0 Å². The highest BCUT2D eigenvalue weighted by atomic mass is 16.5. The molecule has 1 nitrogen and oxygen atoms in total. The maximum Gasteiger partial charge on any atom is 0.104 e. The fourth-order valence-corrected chi connectivity index (χ4v) is 11.7. The number of hydrogen-bond acceptors (Lipinski definition) is 1. The Hall–Kier alpha value is -0.720. The van der Waals surface area contributed by atoms with Gasteiger partial charge in [-0.1, -0.05) is 53.3 Å². The third-order valence-corrected chi connectivity index (χ3v) is 12.9. The van der Waals surface area contributed by atoms with Gasteiger partial charge in [0.2, 0.25) is 0 Å². The van der Waals surface area contributed by atoms with Crippen molar-refractivity contribution in [2.75, 3.05) is 0 Å². The summed E-state index contributed by atoms with van der Waals surface area (Å²) in [6.45, 7) is 26.1. The van der Waals surface area contributed by atoms with Gasteiger partial charge in [0.1, 0.15) is 6.10 Å². The summed E-state index contributed by atoms with van der Waals surface area (Å²) in [4.78, 5) is 0. The molecular formula is C32H52O. The first-order valence-electron chi connectivity index (χ1n) is 14.3. The molecule has 0 aromatic carbocycles. The second kappa shape index (κ2) is 7.64. The maximum absolute atomic E-state index is 6.33. The number of ether oxygens (including phenoxy) is 1. The van der Waals surface area contributed by atoms with Gasteiger partial charge in [-0.2, -0.15) is 0 Å². The lowest BCUT2D eigenvalue weighted by Crippen LogP contribution is -2.62. The van der Waals surface area contributed by atoms with Crippen LogP contribution >= 0.6 is 0 Å². The van der Waals surface area contributed by atoms with E-state index in [0.717, 1.165) is 41.3 Å². The first kappa shape index (κ1) is 24.0. The summed E-state index contributed by atoms with van der Waals surface area (Å²) in [5.74, 6) is 6.08. The molecule has 33 heavy (non-hydrogen) atoms.